The Hall–Kier alpha value is -2.87. The smallest absolute Gasteiger partial charge is 0.244 e. The van der Waals surface area contributed by atoms with Gasteiger partial charge in [0, 0.05) is 29.2 Å². The van der Waals surface area contributed by atoms with Gasteiger partial charge in [-0.3, -0.25) is 14.4 Å². The van der Waals surface area contributed by atoms with Crippen LogP contribution in [0.3, 0.4) is 0 Å². The summed E-state index contributed by atoms with van der Waals surface area (Å²) >= 11 is 3.31. The van der Waals surface area contributed by atoms with Crippen LogP contribution in [0.15, 0.2) is 57.6 Å². The molecule has 0 radical (unpaired) electrons. The predicted octanol–water partition coefficient (Wildman–Crippen LogP) is 2.32. The summed E-state index contributed by atoms with van der Waals surface area (Å²) in [5, 5.41) is 7.74. The van der Waals surface area contributed by atoms with Gasteiger partial charge >= 0.3 is 0 Å². The first kappa shape index (κ1) is 19.5. The highest BCUT2D eigenvalue weighted by Crippen LogP contribution is 2.13. The van der Waals surface area contributed by atoms with Crippen molar-refractivity contribution < 1.29 is 18.8 Å². The first-order valence-corrected chi connectivity index (χ1v) is 8.64. The molecule has 0 saturated heterocycles. The molecule has 2 rings (SSSR count). The quantitative estimate of drug-likeness (QED) is 0.571. The lowest BCUT2D eigenvalue weighted by molar-refractivity contribution is -0.124. The third kappa shape index (κ3) is 7.35. The second-order valence-corrected chi connectivity index (χ2v) is 6.14. The van der Waals surface area contributed by atoms with E-state index in [2.05, 4.69) is 31.9 Å². The van der Waals surface area contributed by atoms with Crippen molar-refractivity contribution in [2.75, 3.05) is 18.4 Å². The summed E-state index contributed by atoms with van der Waals surface area (Å²) in [7, 11) is 0. The lowest BCUT2D eigenvalue weighted by Gasteiger charge is -2.07. The van der Waals surface area contributed by atoms with Gasteiger partial charge in [0.25, 0.3) is 0 Å². The zero-order valence-corrected chi connectivity index (χ0v) is 15.4. The average Bonchev–Trinajstić information content (AvgIpc) is 3.14. The van der Waals surface area contributed by atoms with E-state index >= 15 is 0 Å². The van der Waals surface area contributed by atoms with Crippen molar-refractivity contribution in [3.63, 3.8) is 0 Å². The second kappa shape index (κ2) is 10.2. The minimum Gasteiger partial charge on any atom is -0.465 e. The summed E-state index contributed by atoms with van der Waals surface area (Å²) in [5.41, 5.74) is 0.642. The molecule has 0 aliphatic heterocycles. The van der Waals surface area contributed by atoms with Crippen molar-refractivity contribution in [2.45, 2.75) is 6.42 Å². The molecule has 2 aromatic rings. The molecule has 8 heteroatoms. The summed E-state index contributed by atoms with van der Waals surface area (Å²) in [6.45, 7) is 0.0305. The monoisotopic (exact) mass is 419 g/mol. The fourth-order valence-electron chi connectivity index (χ4n) is 1.91. The molecule has 0 atom stereocenters. The zero-order chi connectivity index (χ0) is 18.8. The summed E-state index contributed by atoms with van der Waals surface area (Å²) in [6, 6.07) is 10.5. The summed E-state index contributed by atoms with van der Waals surface area (Å²) in [5.74, 6) is -0.422. The first-order chi connectivity index (χ1) is 12.5. The van der Waals surface area contributed by atoms with Crippen LogP contribution < -0.4 is 16.0 Å². The van der Waals surface area contributed by atoms with E-state index in [1.807, 2.05) is 0 Å². The van der Waals surface area contributed by atoms with Crippen LogP contribution in [0.2, 0.25) is 0 Å². The molecule has 0 aliphatic rings. The Labute approximate surface area is 159 Å². The number of carbonyl (C=O) groups is 3. The highest BCUT2D eigenvalue weighted by Gasteiger charge is 2.06. The van der Waals surface area contributed by atoms with E-state index in [0.29, 0.717) is 11.4 Å². The molecule has 136 valence electrons. The lowest BCUT2D eigenvalue weighted by Crippen LogP contribution is -2.35. The van der Waals surface area contributed by atoms with E-state index < -0.39 is 0 Å². The maximum absolute atomic E-state index is 11.8. The Balaban J connectivity index is 1.60. The lowest BCUT2D eigenvalue weighted by atomic mass is 10.3. The number of hydrogen-bond donors (Lipinski definition) is 3. The highest BCUT2D eigenvalue weighted by molar-refractivity contribution is 9.10. The molecule has 0 bridgehead atoms. The summed E-state index contributed by atoms with van der Waals surface area (Å²) in [6.07, 6.45) is 4.44. The third-order valence-corrected chi connectivity index (χ3v) is 3.70. The molecule has 0 spiro atoms. The van der Waals surface area contributed by atoms with E-state index in [1.54, 1.807) is 36.4 Å². The largest absolute Gasteiger partial charge is 0.465 e. The summed E-state index contributed by atoms with van der Waals surface area (Å²) < 4.78 is 5.97. The molecule has 1 heterocycles. The molecule has 3 amide bonds. The molecule has 1 aromatic carbocycles. The maximum Gasteiger partial charge on any atom is 0.244 e. The number of carbonyl (C=O) groups excluding carboxylic acids is 3. The van der Waals surface area contributed by atoms with Crippen molar-refractivity contribution in [3.05, 3.63) is 59.0 Å². The normalized spacial score (nSPS) is 10.5. The van der Waals surface area contributed by atoms with Gasteiger partial charge in [-0.15, -0.1) is 0 Å². The Morgan fingerprint density at radius 2 is 1.81 bits per heavy atom. The number of amides is 3. The number of anilines is 1. The van der Waals surface area contributed by atoms with Gasteiger partial charge in [0.1, 0.15) is 5.76 Å². The van der Waals surface area contributed by atoms with E-state index in [0.717, 1.165) is 4.47 Å². The highest BCUT2D eigenvalue weighted by atomic mass is 79.9. The van der Waals surface area contributed by atoms with Gasteiger partial charge in [-0.2, -0.15) is 0 Å². The van der Waals surface area contributed by atoms with Gasteiger partial charge in [-0.05, 0) is 42.5 Å². The molecule has 0 fully saturated rings. The molecule has 26 heavy (non-hydrogen) atoms. The topological polar surface area (TPSA) is 100 Å². The standard InChI is InChI=1S/C18H18BrN3O4/c19-13-3-5-14(6-4-13)22-18(25)12-21-17(24)9-10-20-16(23)8-7-15-2-1-11-26-15/h1-8,11H,9-10,12H2,(H,20,23)(H,21,24)(H,22,25)/b8-7+. The number of rotatable bonds is 8. The molecular formula is C18H18BrN3O4. The van der Waals surface area contributed by atoms with E-state index in [-0.39, 0.29) is 37.2 Å². The van der Waals surface area contributed by atoms with Gasteiger partial charge in [0.2, 0.25) is 17.7 Å². The first-order valence-electron chi connectivity index (χ1n) is 7.84. The molecule has 0 saturated carbocycles. The SMILES string of the molecule is O=C(/C=C/c1ccco1)NCCC(=O)NCC(=O)Nc1ccc(Br)cc1. The minimum absolute atomic E-state index is 0.0753. The van der Waals surface area contributed by atoms with Crippen LogP contribution in [-0.2, 0) is 14.4 Å². The van der Waals surface area contributed by atoms with Crippen molar-refractivity contribution in [1.29, 1.82) is 0 Å². The number of furan rings is 1. The number of halogens is 1. The van der Waals surface area contributed by atoms with Crippen LogP contribution in [0.4, 0.5) is 5.69 Å². The van der Waals surface area contributed by atoms with Crippen LogP contribution in [0, 0.1) is 0 Å². The second-order valence-electron chi connectivity index (χ2n) is 5.22. The Morgan fingerprint density at radius 3 is 2.50 bits per heavy atom. The molecule has 0 aliphatic carbocycles. The Morgan fingerprint density at radius 1 is 1.04 bits per heavy atom. The fourth-order valence-corrected chi connectivity index (χ4v) is 2.17. The Bertz CT molecular complexity index is 770. The maximum atomic E-state index is 11.8. The van der Waals surface area contributed by atoms with Crippen molar-refractivity contribution in [3.8, 4) is 0 Å². The van der Waals surface area contributed by atoms with Gasteiger partial charge in [-0.25, -0.2) is 0 Å². The minimum atomic E-state index is -0.331. The molecule has 7 nitrogen and oxygen atoms in total. The Kier molecular flexibility index (Phi) is 7.63. The van der Waals surface area contributed by atoms with E-state index in [9.17, 15) is 14.4 Å². The zero-order valence-electron chi connectivity index (χ0n) is 13.8. The molecular weight excluding hydrogens is 402 g/mol. The van der Waals surface area contributed by atoms with Gasteiger partial charge in [-0.1, -0.05) is 15.9 Å². The molecule has 1 aromatic heterocycles. The third-order valence-electron chi connectivity index (χ3n) is 3.17. The van der Waals surface area contributed by atoms with Gasteiger partial charge in [0.15, 0.2) is 0 Å². The molecule has 3 N–H and O–H groups in total. The summed E-state index contributed by atoms with van der Waals surface area (Å²) in [4.78, 5) is 35.0. The van der Waals surface area contributed by atoms with Crippen LogP contribution in [0.5, 0.6) is 0 Å². The van der Waals surface area contributed by atoms with E-state index in [1.165, 1.54) is 18.4 Å². The number of nitrogens with one attached hydrogen (secondary N) is 3. The van der Waals surface area contributed by atoms with Crippen LogP contribution in [0.1, 0.15) is 12.2 Å². The van der Waals surface area contributed by atoms with Crippen molar-refractivity contribution in [1.82, 2.24) is 10.6 Å². The van der Waals surface area contributed by atoms with Gasteiger partial charge < -0.3 is 20.4 Å². The van der Waals surface area contributed by atoms with Crippen LogP contribution in [0.25, 0.3) is 6.08 Å². The van der Waals surface area contributed by atoms with Crippen LogP contribution in [-0.4, -0.2) is 30.8 Å². The molecule has 0 unspecified atom stereocenters. The van der Waals surface area contributed by atoms with E-state index in [4.69, 9.17) is 4.42 Å². The van der Waals surface area contributed by atoms with Crippen molar-refractivity contribution >= 4 is 45.4 Å². The average molecular weight is 420 g/mol. The fraction of sp³-hybridized carbons (Fsp3) is 0.167. The van der Waals surface area contributed by atoms with Crippen LogP contribution >= 0.6 is 15.9 Å². The number of hydrogen-bond acceptors (Lipinski definition) is 4. The van der Waals surface area contributed by atoms with Crippen molar-refractivity contribution in [2.24, 2.45) is 0 Å². The number of benzene rings is 1. The predicted molar refractivity (Wildman–Crippen MR) is 101 cm³/mol. The van der Waals surface area contributed by atoms with Gasteiger partial charge in [0.05, 0.1) is 12.8 Å².